The number of nitrogens with one attached hydrogen (secondary N) is 1. The van der Waals surface area contributed by atoms with Gasteiger partial charge in [-0.05, 0) is 49.8 Å². The highest BCUT2D eigenvalue weighted by Crippen LogP contribution is 2.42. The van der Waals surface area contributed by atoms with Crippen molar-refractivity contribution in [2.24, 2.45) is 5.92 Å². The van der Waals surface area contributed by atoms with Crippen molar-refractivity contribution in [2.45, 2.75) is 37.8 Å². The molecule has 3 atom stereocenters. The van der Waals surface area contributed by atoms with E-state index in [9.17, 15) is 0 Å². The van der Waals surface area contributed by atoms with Crippen LogP contribution in [0.25, 0.3) is 0 Å². The van der Waals surface area contributed by atoms with Crippen molar-refractivity contribution < 1.29 is 4.74 Å². The number of nitrogens with zero attached hydrogens (tertiary/aromatic N) is 1. The topological polar surface area (TPSA) is 24.5 Å². The Kier molecular flexibility index (Phi) is 3.20. The SMILES string of the molecule is COc1cccc2c1CCN1C[C@@H]3CCCN[C@@H]3C[C@H]21. The predicted octanol–water partition coefficient (Wildman–Crippen LogP) is 2.37. The van der Waals surface area contributed by atoms with Crippen molar-refractivity contribution in [2.75, 3.05) is 26.7 Å². The summed E-state index contributed by atoms with van der Waals surface area (Å²) in [7, 11) is 1.79. The first-order valence-electron chi connectivity index (χ1n) is 8.00. The lowest BCUT2D eigenvalue weighted by molar-refractivity contribution is 0.0548. The zero-order valence-corrected chi connectivity index (χ0v) is 12.3. The molecule has 20 heavy (non-hydrogen) atoms. The van der Waals surface area contributed by atoms with E-state index in [2.05, 4.69) is 28.4 Å². The van der Waals surface area contributed by atoms with E-state index in [0.717, 1.165) is 24.1 Å². The van der Waals surface area contributed by atoms with Crippen LogP contribution < -0.4 is 10.1 Å². The maximum Gasteiger partial charge on any atom is 0.122 e. The maximum atomic E-state index is 5.56. The Labute approximate surface area is 121 Å². The van der Waals surface area contributed by atoms with Gasteiger partial charge < -0.3 is 10.1 Å². The first kappa shape index (κ1) is 12.7. The molecule has 0 bridgehead atoms. The van der Waals surface area contributed by atoms with Crippen LogP contribution in [0.3, 0.4) is 0 Å². The Bertz CT molecular complexity index is 502. The van der Waals surface area contributed by atoms with Gasteiger partial charge in [-0.15, -0.1) is 0 Å². The Morgan fingerprint density at radius 2 is 2.30 bits per heavy atom. The molecule has 0 radical (unpaired) electrons. The Morgan fingerprint density at radius 3 is 3.20 bits per heavy atom. The van der Waals surface area contributed by atoms with E-state index in [0.29, 0.717) is 6.04 Å². The average Bonchev–Trinajstić information content (AvgIpc) is 2.52. The molecular weight excluding hydrogens is 248 g/mol. The molecule has 1 N–H and O–H groups in total. The van der Waals surface area contributed by atoms with Gasteiger partial charge in [0.2, 0.25) is 0 Å². The summed E-state index contributed by atoms with van der Waals surface area (Å²) in [5, 5.41) is 3.76. The number of benzene rings is 1. The molecular formula is C17H24N2O. The molecule has 0 spiro atoms. The molecule has 0 aromatic heterocycles. The molecule has 0 saturated carbocycles. The Balaban J connectivity index is 1.66. The van der Waals surface area contributed by atoms with Crippen molar-refractivity contribution in [1.29, 1.82) is 0 Å². The lowest BCUT2D eigenvalue weighted by atomic mass is 9.77. The van der Waals surface area contributed by atoms with E-state index in [-0.39, 0.29) is 0 Å². The Hall–Kier alpha value is -1.06. The fraction of sp³-hybridized carbons (Fsp3) is 0.647. The molecule has 3 heteroatoms. The molecule has 0 unspecified atom stereocenters. The molecule has 1 aromatic carbocycles. The van der Waals surface area contributed by atoms with Crippen LogP contribution in [0.2, 0.25) is 0 Å². The third-order valence-electron chi connectivity index (χ3n) is 5.51. The van der Waals surface area contributed by atoms with E-state index in [4.69, 9.17) is 4.74 Å². The van der Waals surface area contributed by atoms with Crippen LogP contribution in [-0.2, 0) is 6.42 Å². The largest absolute Gasteiger partial charge is 0.496 e. The van der Waals surface area contributed by atoms with Crippen LogP contribution in [0.4, 0.5) is 0 Å². The summed E-state index contributed by atoms with van der Waals surface area (Å²) in [4.78, 5) is 2.72. The monoisotopic (exact) mass is 272 g/mol. The summed E-state index contributed by atoms with van der Waals surface area (Å²) in [5.74, 6) is 1.95. The Morgan fingerprint density at radius 1 is 1.35 bits per heavy atom. The summed E-state index contributed by atoms with van der Waals surface area (Å²) < 4.78 is 5.56. The second-order valence-corrected chi connectivity index (χ2v) is 6.49. The van der Waals surface area contributed by atoms with Crippen LogP contribution in [-0.4, -0.2) is 37.7 Å². The smallest absolute Gasteiger partial charge is 0.122 e. The van der Waals surface area contributed by atoms with Crippen molar-refractivity contribution in [3.8, 4) is 5.75 Å². The first-order chi connectivity index (χ1) is 9.86. The van der Waals surface area contributed by atoms with Crippen molar-refractivity contribution in [1.82, 2.24) is 10.2 Å². The lowest BCUT2D eigenvalue weighted by Gasteiger charge is -2.49. The van der Waals surface area contributed by atoms with Gasteiger partial charge >= 0.3 is 0 Å². The van der Waals surface area contributed by atoms with Gasteiger partial charge in [0.1, 0.15) is 5.75 Å². The summed E-state index contributed by atoms with van der Waals surface area (Å²) in [6.07, 6.45) is 5.17. The predicted molar refractivity (Wildman–Crippen MR) is 80.1 cm³/mol. The highest BCUT2D eigenvalue weighted by Gasteiger charge is 2.39. The van der Waals surface area contributed by atoms with Crippen LogP contribution >= 0.6 is 0 Å². The summed E-state index contributed by atoms with van der Waals surface area (Å²) in [5.41, 5.74) is 2.96. The minimum atomic E-state index is 0.598. The van der Waals surface area contributed by atoms with Gasteiger partial charge in [0.25, 0.3) is 0 Å². The average molecular weight is 272 g/mol. The van der Waals surface area contributed by atoms with E-state index in [1.807, 2.05) is 0 Å². The quantitative estimate of drug-likeness (QED) is 0.849. The number of hydrogen-bond acceptors (Lipinski definition) is 3. The van der Waals surface area contributed by atoms with Crippen LogP contribution in [0.1, 0.15) is 36.4 Å². The first-order valence-corrected chi connectivity index (χ1v) is 8.00. The molecule has 2 fully saturated rings. The summed E-state index contributed by atoms with van der Waals surface area (Å²) >= 11 is 0. The van der Waals surface area contributed by atoms with Gasteiger partial charge in [-0.2, -0.15) is 0 Å². The highest BCUT2D eigenvalue weighted by molar-refractivity contribution is 5.44. The van der Waals surface area contributed by atoms with Crippen molar-refractivity contribution in [3.05, 3.63) is 29.3 Å². The number of fused-ring (bicyclic) bond motifs is 4. The number of piperidine rings is 2. The van der Waals surface area contributed by atoms with Gasteiger partial charge in [-0.3, -0.25) is 4.90 Å². The van der Waals surface area contributed by atoms with Crippen LogP contribution in [0.15, 0.2) is 18.2 Å². The van der Waals surface area contributed by atoms with Gasteiger partial charge in [0, 0.05) is 30.7 Å². The highest BCUT2D eigenvalue weighted by atomic mass is 16.5. The maximum absolute atomic E-state index is 5.56. The molecule has 108 valence electrons. The summed E-state index contributed by atoms with van der Waals surface area (Å²) in [6, 6.07) is 7.90. The van der Waals surface area contributed by atoms with E-state index >= 15 is 0 Å². The summed E-state index contributed by atoms with van der Waals surface area (Å²) in [6.45, 7) is 3.68. The molecule has 1 aromatic rings. The molecule has 0 amide bonds. The third kappa shape index (κ3) is 1.95. The van der Waals surface area contributed by atoms with E-state index < -0.39 is 0 Å². The molecule has 3 aliphatic heterocycles. The second kappa shape index (κ2) is 5.05. The van der Waals surface area contributed by atoms with E-state index in [1.165, 1.54) is 50.0 Å². The standard InChI is InChI=1S/C17H24N2O/c1-20-17-6-2-5-13-14(17)7-9-19-11-12-4-3-8-18-15(12)10-16(13)19/h2,5-6,12,15-16,18H,3-4,7-11H2,1H3/t12-,15+,16+/m0/s1. The molecule has 3 heterocycles. The second-order valence-electron chi connectivity index (χ2n) is 6.49. The fourth-order valence-electron chi connectivity index (χ4n) is 4.51. The molecule has 4 rings (SSSR count). The van der Waals surface area contributed by atoms with Crippen molar-refractivity contribution >= 4 is 0 Å². The number of ether oxygens (including phenoxy) is 1. The van der Waals surface area contributed by atoms with Gasteiger partial charge in [0.15, 0.2) is 0 Å². The zero-order valence-electron chi connectivity index (χ0n) is 12.3. The number of rotatable bonds is 1. The molecule has 3 aliphatic rings. The fourth-order valence-corrected chi connectivity index (χ4v) is 4.51. The zero-order chi connectivity index (χ0) is 13.5. The van der Waals surface area contributed by atoms with Gasteiger partial charge in [0.05, 0.1) is 7.11 Å². The van der Waals surface area contributed by atoms with Crippen LogP contribution in [0.5, 0.6) is 5.75 Å². The normalized spacial score (nSPS) is 33.0. The number of hydrogen-bond donors (Lipinski definition) is 1. The number of methoxy groups -OCH3 is 1. The third-order valence-corrected chi connectivity index (χ3v) is 5.51. The minimum absolute atomic E-state index is 0.598. The molecule has 2 saturated heterocycles. The lowest BCUT2D eigenvalue weighted by Crippen LogP contribution is -2.54. The van der Waals surface area contributed by atoms with E-state index in [1.54, 1.807) is 7.11 Å². The molecule has 3 nitrogen and oxygen atoms in total. The van der Waals surface area contributed by atoms with Gasteiger partial charge in [-0.1, -0.05) is 12.1 Å². The molecule has 0 aliphatic carbocycles. The minimum Gasteiger partial charge on any atom is -0.496 e. The van der Waals surface area contributed by atoms with Crippen molar-refractivity contribution in [3.63, 3.8) is 0 Å². The van der Waals surface area contributed by atoms with Gasteiger partial charge in [-0.25, -0.2) is 0 Å². The van der Waals surface area contributed by atoms with Crippen LogP contribution in [0, 0.1) is 5.92 Å².